The number of likely N-dealkylation sites (N-methyl/N-ethyl adjacent to an activating group) is 2. The summed E-state index contributed by atoms with van der Waals surface area (Å²) >= 11 is 5.90. The van der Waals surface area contributed by atoms with Gasteiger partial charge in [0.1, 0.15) is 6.04 Å². The van der Waals surface area contributed by atoms with Gasteiger partial charge in [-0.25, -0.2) is 9.37 Å². The van der Waals surface area contributed by atoms with Gasteiger partial charge in [0.2, 0.25) is 11.9 Å². The Morgan fingerprint density at radius 2 is 1.83 bits per heavy atom. The molecule has 3 heterocycles. The molecule has 2 atom stereocenters. The molecular formula is C19H20ClN6O3+. The van der Waals surface area contributed by atoms with Crippen LogP contribution in [0.25, 0.3) is 0 Å². The number of amidine groups is 1. The van der Waals surface area contributed by atoms with Gasteiger partial charge in [0, 0.05) is 24.7 Å². The number of halogens is 1. The Labute approximate surface area is 172 Å². The van der Waals surface area contributed by atoms with Crippen molar-refractivity contribution in [2.24, 2.45) is 10.1 Å². The number of aliphatic imine (C=N–C) groups is 1. The minimum Gasteiger partial charge on any atom is -0.290 e. The molecule has 0 N–H and O–H groups in total. The van der Waals surface area contributed by atoms with E-state index in [4.69, 9.17) is 11.6 Å². The Bertz CT molecular complexity index is 1030. The van der Waals surface area contributed by atoms with Gasteiger partial charge in [0.25, 0.3) is 5.91 Å². The fourth-order valence-electron chi connectivity index (χ4n) is 3.63. The SMILES string of the molecule is CC1=NN(CC(=O)c2ccc(Cl)cc2)C2=[N+](C1C)C1C(=O)N(C)C(=O)N(C)C1=N2. The maximum atomic E-state index is 12.9. The number of hydrogen-bond donors (Lipinski definition) is 0. The topological polar surface area (TPSA) is 88.7 Å². The second-order valence-corrected chi connectivity index (χ2v) is 7.66. The number of ketones is 1. The summed E-state index contributed by atoms with van der Waals surface area (Å²) < 4.78 is 1.81. The molecule has 0 bridgehead atoms. The molecule has 1 saturated heterocycles. The highest BCUT2D eigenvalue weighted by Crippen LogP contribution is 2.25. The van der Waals surface area contributed by atoms with E-state index in [0.717, 1.165) is 10.6 Å². The van der Waals surface area contributed by atoms with Crippen LogP contribution in [0, 0.1) is 0 Å². The first kappa shape index (κ1) is 19.3. The van der Waals surface area contributed by atoms with Gasteiger partial charge in [-0.2, -0.15) is 0 Å². The Balaban J connectivity index is 1.71. The van der Waals surface area contributed by atoms with E-state index in [0.29, 0.717) is 22.4 Å². The van der Waals surface area contributed by atoms with Gasteiger partial charge >= 0.3 is 12.0 Å². The van der Waals surface area contributed by atoms with Crippen molar-refractivity contribution in [2.75, 3.05) is 20.6 Å². The van der Waals surface area contributed by atoms with E-state index >= 15 is 0 Å². The van der Waals surface area contributed by atoms with Crippen molar-refractivity contribution in [3.8, 4) is 0 Å². The van der Waals surface area contributed by atoms with Crippen molar-refractivity contribution in [2.45, 2.75) is 25.9 Å². The summed E-state index contributed by atoms with van der Waals surface area (Å²) in [6.07, 6.45) is 0. The Kier molecular flexibility index (Phi) is 4.49. The lowest BCUT2D eigenvalue weighted by Gasteiger charge is -2.33. The molecule has 9 nitrogen and oxygen atoms in total. The minimum atomic E-state index is -0.730. The van der Waals surface area contributed by atoms with Gasteiger partial charge in [-0.3, -0.25) is 19.4 Å². The van der Waals surface area contributed by atoms with E-state index in [1.165, 1.54) is 17.0 Å². The number of nitrogens with zero attached hydrogens (tertiary/aromatic N) is 6. The number of carbonyl (C=O) groups is 3. The predicted molar refractivity (Wildman–Crippen MR) is 107 cm³/mol. The second-order valence-electron chi connectivity index (χ2n) is 7.22. The summed E-state index contributed by atoms with van der Waals surface area (Å²) in [5, 5.41) is 6.56. The standard InChI is InChI=1S/C19H20ClN6O3/c1-10-11(2)26-15-16(23(3)19(29)24(4)17(15)28)21-18(26)25(22-10)9-14(27)12-5-7-13(20)8-6-12/h5-8,11,15H,9H2,1-4H3/q+1. The number of amides is 3. The first-order chi connectivity index (χ1) is 13.7. The zero-order valence-corrected chi connectivity index (χ0v) is 17.2. The van der Waals surface area contributed by atoms with Crippen molar-refractivity contribution < 1.29 is 19.0 Å². The maximum absolute atomic E-state index is 12.9. The average Bonchev–Trinajstić information content (AvgIpc) is 3.10. The lowest BCUT2D eigenvalue weighted by Crippen LogP contribution is -2.63. The average molecular weight is 416 g/mol. The molecule has 3 amide bonds. The fraction of sp³-hybridized carbons (Fsp3) is 0.368. The molecule has 4 rings (SSSR count). The molecule has 29 heavy (non-hydrogen) atoms. The van der Waals surface area contributed by atoms with Gasteiger partial charge in [0.05, 0.1) is 5.71 Å². The number of Topliss-reactive ketones (excluding diaryl/α,β-unsaturated/α-hetero) is 1. The van der Waals surface area contributed by atoms with E-state index in [1.54, 1.807) is 31.3 Å². The number of rotatable bonds is 3. The van der Waals surface area contributed by atoms with Crippen LogP contribution in [-0.2, 0) is 4.79 Å². The Morgan fingerprint density at radius 3 is 2.48 bits per heavy atom. The summed E-state index contributed by atoms with van der Waals surface area (Å²) in [5.41, 5.74) is 1.24. The van der Waals surface area contributed by atoms with Crippen LogP contribution < -0.4 is 0 Å². The monoisotopic (exact) mass is 415 g/mol. The predicted octanol–water partition coefficient (Wildman–Crippen LogP) is 1.28. The first-order valence-electron chi connectivity index (χ1n) is 9.11. The quantitative estimate of drug-likeness (QED) is 0.549. The van der Waals surface area contributed by atoms with Crippen LogP contribution in [0.4, 0.5) is 4.79 Å². The number of benzene rings is 1. The van der Waals surface area contributed by atoms with Gasteiger partial charge in [-0.15, -0.1) is 10.1 Å². The number of urea groups is 1. The molecule has 0 aromatic heterocycles. The Hall–Kier alpha value is -3.07. The van der Waals surface area contributed by atoms with E-state index in [9.17, 15) is 14.4 Å². The highest BCUT2D eigenvalue weighted by molar-refractivity contribution is 6.30. The largest absolute Gasteiger partial charge is 0.417 e. The first-order valence-corrected chi connectivity index (χ1v) is 9.49. The van der Waals surface area contributed by atoms with Crippen molar-refractivity contribution >= 4 is 46.8 Å². The summed E-state index contributed by atoms with van der Waals surface area (Å²) in [4.78, 5) is 44.9. The van der Waals surface area contributed by atoms with Crippen LogP contribution in [0.15, 0.2) is 34.4 Å². The van der Waals surface area contributed by atoms with E-state index in [1.807, 2.05) is 18.4 Å². The van der Waals surface area contributed by atoms with Gasteiger partial charge in [-0.05, 0) is 38.1 Å². The maximum Gasteiger partial charge on any atom is 0.417 e. The molecule has 0 spiro atoms. The van der Waals surface area contributed by atoms with Gasteiger partial charge < -0.3 is 0 Å². The van der Waals surface area contributed by atoms with Crippen molar-refractivity contribution in [1.29, 1.82) is 0 Å². The summed E-state index contributed by atoms with van der Waals surface area (Å²) in [7, 11) is 3.03. The van der Waals surface area contributed by atoms with Crippen LogP contribution in [-0.4, -0.2) is 87.3 Å². The molecule has 2 unspecified atom stereocenters. The molecule has 1 aromatic rings. The third kappa shape index (κ3) is 2.93. The van der Waals surface area contributed by atoms with Crippen molar-refractivity contribution in [3.05, 3.63) is 34.9 Å². The molecule has 3 aliphatic heterocycles. The van der Waals surface area contributed by atoms with Crippen LogP contribution in [0.1, 0.15) is 24.2 Å². The number of hydrogen-bond acceptors (Lipinski definition) is 6. The fourth-order valence-corrected chi connectivity index (χ4v) is 3.75. The number of hydrazone groups is 1. The zero-order valence-electron chi connectivity index (χ0n) is 16.5. The lowest BCUT2D eigenvalue weighted by atomic mass is 10.1. The molecular weight excluding hydrogens is 396 g/mol. The van der Waals surface area contributed by atoms with E-state index in [-0.39, 0.29) is 24.3 Å². The Morgan fingerprint density at radius 1 is 1.17 bits per heavy atom. The molecule has 0 radical (unpaired) electrons. The normalized spacial score (nSPS) is 23.8. The van der Waals surface area contributed by atoms with Crippen LogP contribution in [0.2, 0.25) is 5.02 Å². The summed E-state index contributed by atoms with van der Waals surface area (Å²) in [5.74, 6) is 0.207. The summed E-state index contributed by atoms with van der Waals surface area (Å²) in [6, 6.07) is 5.23. The molecule has 0 aliphatic carbocycles. The zero-order chi connectivity index (χ0) is 21.0. The molecule has 3 aliphatic rings. The lowest BCUT2D eigenvalue weighted by molar-refractivity contribution is -0.558. The van der Waals surface area contributed by atoms with E-state index < -0.39 is 12.1 Å². The number of imide groups is 1. The summed E-state index contributed by atoms with van der Waals surface area (Å²) in [6.45, 7) is 3.70. The highest BCUT2D eigenvalue weighted by Gasteiger charge is 2.55. The molecule has 10 heteroatoms. The number of guanidine groups is 1. The minimum absolute atomic E-state index is 0.0529. The van der Waals surface area contributed by atoms with Gasteiger partial charge in [-0.1, -0.05) is 16.6 Å². The third-order valence-electron chi connectivity index (χ3n) is 5.44. The molecule has 150 valence electrons. The van der Waals surface area contributed by atoms with Gasteiger partial charge in [0.15, 0.2) is 12.3 Å². The van der Waals surface area contributed by atoms with Crippen LogP contribution in [0.5, 0.6) is 0 Å². The molecule has 1 aromatic carbocycles. The van der Waals surface area contributed by atoms with E-state index in [2.05, 4.69) is 10.1 Å². The van der Waals surface area contributed by atoms with Crippen molar-refractivity contribution in [1.82, 2.24) is 14.8 Å². The molecule has 1 fully saturated rings. The highest BCUT2D eigenvalue weighted by atomic mass is 35.5. The molecule has 0 saturated carbocycles. The third-order valence-corrected chi connectivity index (χ3v) is 5.69. The van der Waals surface area contributed by atoms with Crippen molar-refractivity contribution in [3.63, 3.8) is 0 Å². The van der Waals surface area contributed by atoms with Crippen LogP contribution >= 0.6 is 11.6 Å². The second kappa shape index (κ2) is 6.77. The number of fused-ring (bicyclic) bond motifs is 2. The number of carbonyl (C=O) groups excluding carboxylic acids is 3. The van der Waals surface area contributed by atoms with Crippen LogP contribution in [0.3, 0.4) is 0 Å². The smallest absolute Gasteiger partial charge is 0.290 e.